The van der Waals surface area contributed by atoms with E-state index in [1.54, 1.807) is 11.1 Å². The maximum atomic E-state index is 13.3. The number of hydrogen-bond acceptors (Lipinski definition) is 4. The zero-order chi connectivity index (χ0) is 19.0. The van der Waals surface area contributed by atoms with Crippen molar-refractivity contribution in [1.82, 2.24) is 9.47 Å². The van der Waals surface area contributed by atoms with Crippen LogP contribution in [0.25, 0.3) is 0 Å². The summed E-state index contributed by atoms with van der Waals surface area (Å²) in [6.07, 6.45) is 2.87. The van der Waals surface area contributed by atoms with E-state index in [0.29, 0.717) is 30.8 Å². The highest BCUT2D eigenvalue weighted by molar-refractivity contribution is 5.96. The number of fused-ring (bicyclic) bond motifs is 2. The van der Waals surface area contributed by atoms with Crippen molar-refractivity contribution in [3.05, 3.63) is 63.6 Å². The summed E-state index contributed by atoms with van der Waals surface area (Å²) in [6.45, 7) is 5.36. The molecule has 2 aliphatic heterocycles. The van der Waals surface area contributed by atoms with Gasteiger partial charge in [0.2, 0.25) is 5.43 Å². The van der Waals surface area contributed by atoms with Gasteiger partial charge in [-0.3, -0.25) is 9.59 Å². The Balaban J connectivity index is 1.76. The molecule has 0 unspecified atom stereocenters. The first kappa shape index (κ1) is 17.8. The van der Waals surface area contributed by atoms with E-state index in [-0.39, 0.29) is 36.0 Å². The summed E-state index contributed by atoms with van der Waals surface area (Å²) in [5.41, 5.74) is 1.74. The minimum Gasteiger partial charge on any atom is -0.483 e. The molecule has 0 saturated carbocycles. The Kier molecular flexibility index (Phi) is 4.74. The summed E-state index contributed by atoms with van der Waals surface area (Å²) < 4.78 is 13.6. The van der Waals surface area contributed by atoms with E-state index in [9.17, 15) is 9.59 Å². The molecule has 4 rings (SSSR count). The quantitative estimate of drug-likeness (QED) is 0.832. The summed E-state index contributed by atoms with van der Waals surface area (Å²) >= 11 is 0. The van der Waals surface area contributed by atoms with E-state index in [1.165, 1.54) is 0 Å². The number of aryl methyl sites for hydroxylation is 1. The van der Waals surface area contributed by atoms with Gasteiger partial charge >= 0.3 is 0 Å². The van der Waals surface area contributed by atoms with Gasteiger partial charge in [-0.1, -0.05) is 37.3 Å². The van der Waals surface area contributed by atoms with Crippen LogP contribution < -0.4 is 10.2 Å². The number of pyridine rings is 1. The highest BCUT2D eigenvalue weighted by Crippen LogP contribution is 2.30. The monoisotopic (exact) mass is 368 g/mol. The van der Waals surface area contributed by atoms with Crippen LogP contribution in [0.4, 0.5) is 0 Å². The van der Waals surface area contributed by atoms with Gasteiger partial charge in [0.25, 0.3) is 5.91 Å². The van der Waals surface area contributed by atoms with Crippen LogP contribution in [-0.4, -0.2) is 34.3 Å². The molecule has 142 valence electrons. The maximum Gasteiger partial charge on any atom is 0.276 e. The Morgan fingerprint density at radius 3 is 2.74 bits per heavy atom. The molecule has 0 radical (unpaired) electrons. The van der Waals surface area contributed by atoms with Gasteiger partial charge in [0.05, 0.1) is 13.2 Å². The second-order valence-electron chi connectivity index (χ2n) is 7.12. The lowest BCUT2D eigenvalue weighted by Crippen LogP contribution is -2.57. The van der Waals surface area contributed by atoms with Crippen LogP contribution in [0.5, 0.6) is 5.75 Å². The number of aromatic nitrogens is 1. The largest absolute Gasteiger partial charge is 0.483 e. The maximum absolute atomic E-state index is 13.3. The second-order valence-corrected chi connectivity index (χ2v) is 7.12. The molecule has 0 bridgehead atoms. The third kappa shape index (κ3) is 3.14. The van der Waals surface area contributed by atoms with E-state index >= 15 is 0 Å². The first-order valence-electron chi connectivity index (χ1n) is 9.47. The van der Waals surface area contributed by atoms with E-state index in [4.69, 9.17) is 9.47 Å². The summed E-state index contributed by atoms with van der Waals surface area (Å²) in [6, 6.07) is 9.73. The number of nitrogens with zero attached hydrogens (tertiary/aromatic N) is 2. The topological polar surface area (TPSA) is 60.8 Å². The number of amides is 1. The first-order chi connectivity index (χ1) is 13.1. The molecule has 2 aromatic rings. The number of ether oxygens (including phenoxy) is 2. The van der Waals surface area contributed by atoms with Crippen LogP contribution in [0.2, 0.25) is 0 Å². The van der Waals surface area contributed by atoms with E-state index in [0.717, 1.165) is 12.0 Å². The van der Waals surface area contributed by atoms with Crippen LogP contribution in [0.3, 0.4) is 0 Å². The zero-order valence-corrected chi connectivity index (χ0v) is 15.7. The average molecular weight is 368 g/mol. The predicted octanol–water partition coefficient (Wildman–Crippen LogP) is 2.58. The molecular weight excluding hydrogens is 344 g/mol. The molecule has 0 aliphatic carbocycles. The van der Waals surface area contributed by atoms with Crippen molar-refractivity contribution in [2.75, 3.05) is 6.61 Å². The van der Waals surface area contributed by atoms with Crippen molar-refractivity contribution in [2.45, 2.75) is 52.1 Å². The van der Waals surface area contributed by atoms with Gasteiger partial charge in [0.15, 0.2) is 17.7 Å². The standard InChI is InChI=1S/C21H24N2O4/c1-3-16-11-22-12-17-23(14(2)9-10-26-17)21(25)18(22)20(19(16)24)27-13-15-7-5-4-6-8-15/h4-8,11,14,17H,3,9-10,12-13H2,1-2H3/t14-,17+/m1/s1. The minimum absolute atomic E-state index is 0.0768. The van der Waals surface area contributed by atoms with Crippen LogP contribution in [0, 0.1) is 0 Å². The molecule has 1 amide bonds. The lowest BCUT2D eigenvalue weighted by molar-refractivity contribution is -0.112. The lowest BCUT2D eigenvalue weighted by atomic mass is 10.1. The molecule has 0 N–H and O–H groups in total. The van der Waals surface area contributed by atoms with E-state index < -0.39 is 0 Å². The molecule has 6 heteroatoms. The van der Waals surface area contributed by atoms with E-state index in [1.807, 2.05) is 48.7 Å². The fraction of sp³-hybridized carbons (Fsp3) is 0.429. The highest BCUT2D eigenvalue weighted by atomic mass is 16.5. The van der Waals surface area contributed by atoms with Crippen molar-refractivity contribution in [3.63, 3.8) is 0 Å². The normalized spacial score (nSPS) is 21.6. The van der Waals surface area contributed by atoms with Crippen molar-refractivity contribution in [1.29, 1.82) is 0 Å². The molecule has 3 heterocycles. The van der Waals surface area contributed by atoms with Gasteiger partial charge in [-0.05, 0) is 25.3 Å². The number of carbonyl (C=O) groups is 1. The zero-order valence-electron chi connectivity index (χ0n) is 15.7. The highest BCUT2D eigenvalue weighted by Gasteiger charge is 2.40. The lowest BCUT2D eigenvalue weighted by Gasteiger charge is -2.44. The van der Waals surface area contributed by atoms with E-state index in [2.05, 4.69) is 0 Å². The van der Waals surface area contributed by atoms with Crippen LogP contribution in [0.15, 0.2) is 41.3 Å². The Morgan fingerprint density at radius 2 is 2.00 bits per heavy atom. The third-order valence-electron chi connectivity index (χ3n) is 5.34. The fourth-order valence-corrected chi connectivity index (χ4v) is 3.81. The van der Waals surface area contributed by atoms with Crippen LogP contribution >= 0.6 is 0 Å². The summed E-state index contributed by atoms with van der Waals surface area (Å²) in [5, 5.41) is 0. The van der Waals surface area contributed by atoms with Crippen molar-refractivity contribution < 1.29 is 14.3 Å². The molecule has 2 atom stereocenters. The molecule has 1 saturated heterocycles. The number of rotatable bonds is 4. The van der Waals surface area contributed by atoms with Crippen LogP contribution in [0.1, 0.15) is 41.9 Å². The molecule has 2 aliphatic rings. The number of benzene rings is 1. The summed E-state index contributed by atoms with van der Waals surface area (Å²) in [5.74, 6) is -0.0410. The molecule has 27 heavy (non-hydrogen) atoms. The summed E-state index contributed by atoms with van der Waals surface area (Å²) in [4.78, 5) is 27.9. The Morgan fingerprint density at radius 1 is 1.22 bits per heavy atom. The van der Waals surface area contributed by atoms with Crippen molar-refractivity contribution >= 4 is 5.91 Å². The molecule has 1 aromatic carbocycles. The van der Waals surface area contributed by atoms with Gasteiger partial charge in [0.1, 0.15) is 6.61 Å². The van der Waals surface area contributed by atoms with Crippen LogP contribution in [-0.2, 0) is 24.3 Å². The summed E-state index contributed by atoms with van der Waals surface area (Å²) in [7, 11) is 0. The van der Waals surface area contributed by atoms with Gasteiger partial charge < -0.3 is 18.9 Å². The average Bonchev–Trinajstić information content (AvgIpc) is 2.68. The molecule has 0 spiro atoms. The van der Waals surface area contributed by atoms with Gasteiger partial charge in [-0.2, -0.15) is 0 Å². The van der Waals surface area contributed by atoms with Crippen molar-refractivity contribution in [3.8, 4) is 5.75 Å². The molecule has 1 aromatic heterocycles. The number of hydrogen-bond donors (Lipinski definition) is 0. The van der Waals surface area contributed by atoms with Gasteiger partial charge in [-0.15, -0.1) is 0 Å². The molecule has 1 fully saturated rings. The predicted molar refractivity (Wildman–Crippen MR) is 101 cm³/mol. The Hall–Kier alpha value is -2.60. The number of carbonyl (C=O) groups excluding carboxylic acids is 1. The van der Waals surface area contributed by atoms with Gasteiger partial charge in [-0.25, -0.2) is 0 Å². The SMILES string of the molecule is CCc1cn2c(c(OCc3ccccc3)c1=O)C(=O)N1[C@H](C)CCO[C@H]1C2. The first-order valence-corrected chi connectivity index (χ1v) is 9.47. The minimum atomic E-state index is -0.289. The Labute approximate surface area is 158 Å². The van der Waals surface area contributed by atoms with Crippen molar-refractivity contribution in [2.24, 2.45) is 0 Å². The second kappa shape index (κ2) is 7.19. The molecular formula is C21H24N2O4. The van der Waals surface area contributed by atoms with Gasteiger partial charge in [0, 0.05) is 17.8 Å². The fourth-order valence-electron chi connectivity index (χ4n) is 3.81. The Bertz CT molecular complexity index is 906. The molecule has 6 nitrogen and oxygen atoms in total. The smallest absolute Gasteiger partial charge is 0.276 e. The third-order valence-corrected chi connectivity index (χ3v) is 5.34.